The Bertz CT molecular complexity index is 612. The molecule has 0 saturated heterocycles. The quantitative estimate of drug-likeness (QED) is 0.0421. The van der Waals surface area contributed by atoms with Crippen molar-refractivity contribution in [2.24, 2.45) is 5.92 Å². The predicted molar refractivity (Wildman–Crippen MR) is 197 cm³/mol. The molecule has 0 aliphatic rings. The fourth-order valence-electron chi connectivity index (χ4n) is 6.38. The van der Waals surface area contributed by atoms with Crippen LogP contribution in [0.4, 0.5) is 0 Å². The van der Waals surface area contributed by atoms with Crippen molar-refractivity contribution in [1.82, 2.24) is 4.90 Å². The van der Waals surface area contributed by atoms with Gasteiger partial charge in [-0.05, 0) is 78.3 Å². The van der Waals surface area contributed by atoms with Crippen molar-refractivity contribution in [2.45, 2.75) is 212 Å². The van der Waals surface area contributed by atoms with Crippen LogP contribution in [0.2, 0.25) is 0 Å². The number of aliphatic hydroxyl groups is 2. The maximum atomic E-state index is 11.0. The van der Waals surface area contributed by atoms with E-state index in [1.54, 1.807) is 0 Å². The molecule has 0 aromatic rings. The van der Waals surface area contributed by atoms with Crippen LogP contribution in [-0.2, 0) is 0 Å². The van der Waals surface area contributed by atoms with E-state index in [1.807, 2.05) is 0 Å². The first kappa shape index (κ1) is 43.4. The monoisotopic (exact) mass is 620 g/mol. The summed E-state index contributed by atoms with van der Waals surface area (Å²) in [7, 11) is 4.10. The summed E-state index contributed by atoms with van der Waals surface area (Å²) in [4.78, 5) is 2.12. The summed E-state index contributed by atoms with van der Waals surface area (Å²) in [6, 6.07) is 0. The van der Waals surface area contributed by atoms with Gasteiger partial charge in [0, 0.05) is 18.9 Å². The van der Waals surface area contributed by atoms with Crippen LogP contribution in [0.5, 0.6) is 0 Å². The Hall–Kier alpha value is -0.640. The summed E-state index contributed by atoms with van der Waals surface area (Å²) in [5.74, 6) is -1.59. The SMILES string of the molecule is CCCCCCCC/C=C\CCCCCCCCC(CN(C)C)C(O)(O)CCCCCCCC/C=C\CCCCCCCC. The van der Waals surface area contributed by atoms with Gasteiger partial charge in [0.2, 0.25) is 0 Å². The van der Waals surface area contributed by atoms with Crippen molar-refractivity contribution in [1.29, 1.82) is 0 Å². The van der Waals surface area contributed by atoms with Crippen molar-refractivity contribution >= 4 is 0 Å². The topological polar surface area (TPSA) is 43.7 Å². The summed E-state index contributed by atoms with van der Waals surface area (Å²) in [6.45, 7) is 5.31. The summed E-state index contributed by atoms with van der Waals surface area (Å²) >= 11 is 0. The molecule has 0 radical (unpaired) electrons. The minimum Gasteiger partial charge on any atom is -0.365 e. The molecule has 0 spiro atoms. The summed E-state index contributed by atoms with van der Waals surface area (Å²) < 4.78 is 0. The van der Waals surface area contributed by atoms with E-state index < -0.39 is 5.79 Å². The van der Waals surface area contributed by atoms with Crippen LogP contribution in [0.15, 0.2) is 24.3 Å². The van der Waals surface area contributed by atoms with E-state index in [-0.39, 0.29) is 5.92 Å². The summed E-state index contributed by atoms with van der Waals surface area (Å²) in [5, 5.41) is 22.0. The van der Waals surface area contributed by atoms with Gasteiger partial charge in [-0.2, -0.15) is 0 Å². The average Bonchev–Trinajstić information content (AvgIpc) is 2.99. The lowest BCUT2D eigenvalue weighted by Crippen LogP contribution is -2.43. The van der Waals surface area contributed by atoms with Crippen LogP contribution in [0.25, 0.3) is 0 Å². The van der Waals surface area contributed by atoms with Gasteiger partial charge in [0.25, 0.3) is 0 Å². The Balaban J connectivity index is 3.82. The zero-order chi connectivity index (χ0) is 32.4. The number of allylic oxidation sites excluding steroid dienone is 4. The van der Waals surface area contributed by atoms with E-state index >= 15 is 0 Å². The van der Waals surface area contributed by atoms with Gasteiger partial charge in [0.05, 0.1) is 0 Å². The molecule has 1 unspecified atom stereocenters. The maximum Gasteiger partial charge on any atom is 0.166 e. The number of unbranched alkanes of at least 4 members (excludes halogenated alkanes) is 24. The highest BCUT2D eigenvalue weighted by atomic mass is 16.5. The standard InChI is InChI=1S/C41H81NO2/c1-5-7-9-11-13-15-17-19-21-23-25-27-29-31-33-35-37-40(39-42(3)4)41(43,44)38-36-34-32-30-28-26-24-22-20-18-16-14-12-10-8-6-2/h19-22,40,43-44H,5-18,23-39H2,1-4H3/b21-19-,22-20-. The summed E-state index contributed by atoms with van der Waals surface area (Å²) in [6.07, 6.45) is 47.2. The molecule has 3 nitrogen and oxygen atoms in total. The zero-order valence-corrected chi connectivity index (χ0v) is 30.6. The maximum absolute atomic E-state index is 11.0. The van der Waals surface area contributed by atoms with E-state index in [4.69, 9.17) is 0 Å². The van der Waals surface area contributed by atoms with Crippen LogP contribution in [0, 0.1) is 5.92 Å². The highest BCUT2D eigenvalue weighted by molar-refractivity contribution is 4.82. The molecule has 44 heavy (non-hydrogen) atoms. The number of hydrogen-bond acceptors (Lipinski definition) is 3. The molecular weight excluding hydrogens is 538 g/mol. The van der Waals surface area contributed by atoms with E-state index in [2.05, 4.69) is 57.1 Å². The second kappa shape index (κ2) is 33.7. The van der Waals surface area contributed by atoms with Crippen LogP contribution in [0.1, 0.15) is 206 Å². The molecule has 0 aliphatic heterocycles. The van der Waals surface area contributed by atoms with Gasteiger partial charge in [-0.1, -0.05) is 160 Å². The van der Waals surface area contributed by atoms with Gasteiger partial charge < -0.3 is 15.1 Å². The lowest BCUT2D eigenvalue weighted by Gasteiger charge is -2.33. The third-order valence-electron chi connectivity index (χ3n) is 9.36. The Kier molecular flexibility index (Phi) is 33.2. The fourth-order valence-corrected chi connectivity index (χ4v) is 6.38. The van der Waals surface area contributed by atoms with Gasteiger partial charge in [-0.15, -0.1) is 0 Å². The molecule has 2 N–H and O–H groups in total. The van der Waals surface area contributed by atoms with Crippen LogP contribution >= 0.6 is 0 Å². The fraction of sp³-hybridized carbons (Fsp3) is 0.902. The first-order valence-corrected chi connectivity index (χ1v) is 19.8. The van der Waals surface area contributed by atoms with Crippen molar-refractivity contribution in [3.63, 3.8) is 0 Å². The smallest absolute Gasteiger partial charge is 0.166 e. The van der Waals surface area contributed by atoms with Gasteiger partial charge in [-0.25, -0.2) is 0 Å². The first-order valence-electron chi connectivity index (χ1n) is 19.8. The molecule has 0 aliphatic carbocycles. The largest absolute Gasteiger partial charge is 0.365 e. The lowest BCUT2D eigenvalue weighted by atomic mass is 9.88. The van der Waals surface area contributed by atoms with Gasteiger partial charge in [-0.3, -0.25) is 0 Å². The van der Waals surface area contributed by atoms with Gasteiger partial charge in [0.15, 0.2) is 5.79 Å². The third kappa shape index (κ3) is 31.3. The minimum absolute atomic E-state index is 0.0580. The molecule has 0 aromatic heterocycles. The molecule has 0 aromatic carbocycles. The highest BCUT2D eigenvalue weighted by Gasteiger charge is 2.33. The van der Waals surface area contributed by atoms with Crippen LogP contribution in [-0.4, -0.2) is 41.5 Å². The van der Waals surface area contributed by atoms with Gasteiger partial charge in [0.1, 0.15) is 0 Å². The van der Waals surface area contributed by atoms with E-state index in [0.717, 1.165) is 32.2 Å². The molecule has 1 atom stereocenters. The zero-order valence-electron chi connectivity index (χ0n) is 30.6. The molecular formula is C41H81NO2. The molecule has 262 valence electrons. The van der Waals surface area contributed by atoms with E-state index in [1.165, 1.54) is 161 Å². The predicted octanol–water partition coefficient (Wildman–Crippen LogP) is 12.7. The van der Waals surface area contributed by atoms with E-state index in [9.17, 15) is 10.2 Å². The molecule has 0 saturated carbocycles. The molecule has 0 bridgehead atoms. The molecule has 0 heterocycles. The summed E-state index contributed by atoms with van der Waals surface area (Å²) in [5.41, 5.74) is 0. The second-order valence-electron chi connectivity index (χ2n) is 14.3. The molecule has 0 rings (SSSR count). The average molecular weight is 620 g/mol. The Morgan fingerprint density at radius 1 is 0.455 bits per heavy atom. The third-order valence-corrected chi connectivity index (χ3v) is 9.36. The van der Waals surface area contributed by atoms with Crippen molar-refractivity contribution < 1.29 is 10.2 Å². The first-order chi connectivity index (χ1) is 21.4. The number of nitrogens with zero attached hydrogens (tertiary/aromatic N) is 1. The Labute approximate surface area is 277 Å². The van der Waals surface area contributed by atoms with Crippen LogP contribution < -0.4 is 0 Å². The Morgan fingerprint density at radius 2 is 0.773 bits per heavy atom. The Morgan fingerprint density at radius 3 is 1.14 bits per heavy atom. The second-order valence-corrected chi connectivity index (χ2v) is 14.3. The molecule has 0 fully saturated rings. The van der Waals surface area contributed by atoms with Crippen LogP contribution in [0.3, 0.4) is 0 Å². The number of rotatable bonds is 35. The van der Waals surface area contributed by atoms with Gasteiger partial charge >= 0.3 is 0 Å². The minimum atomic E-state index is -1.53. The molecule has 3 heteroatoms. The van der Waals surface area contributed by atoms with Crippen molar-refractivity contribution in [3.8, 4) is 0 Å². The molecule has 0 amide bonds. The number of hydrogen-bond donors (Lipinski definition) is 2. The lowest BCUT2D eigenvalue weighted by molar-refractivity contribution is -0.209. The van der Waals surface area contributed by atoms with E-state index in [0.29, 0.717) is 6.42 Å². The normalized spacial score (nSPS) is 13.2. The van der Waals surface area contributed by atoms with Crippen molar-refractivity contribution in [3.05, 3.63) is 24.3 Å². The van der Waals surface area contributed by atoms with Crippen molar-refractivity contribution in [2.75, 3.05) is 20.6 Å². The highest BCUT2D eigenvalue weighted by Crippen LogP contribution is 2.28.